The number of carbonyl (C=O) groups excluding carboxylic acids is 2. The van der Waals surface area contributed by atoms with Gasteiger partial charge in [-0.05, 0) is 44.4 Å². The third kappa shape index (κ3) is 5.96. The van der Waals surface area contributed by atoms with Gasteiger partial charge in [0.2, 0.25) is 5.91 Å². The molecule has 9 nitrogen and oxygen atoms in total. The number of hydrogen-bond acceptors (Lipinski definition) is 7. The molecule has 2 aromatic rings. The van der Waals surface area contributed by atoms with E-state index < -0.39 is 33.2 Å². The molecule has 1 unspecified atom stereocenters. The molecule has 1 aliphatic heterocycles. The van der Waals surface area contributed by atoms with Crippen molar-refractivity contribution in [3.05, 3.63) is 23.0 Å². The average Bonchev–Trinajstić information content (AvgIpc) is 3.07. The van der Waals surface area contributed by atoms with Gasteiger partial charge in [-0.25, -0.2) is 8.42 Å². The number of piperidine rings is 1. The van der Waals surface area contributed by atoms with Crippen LogP contribution in [0.15, 0.2) is 23.2 Å². The number of amides is 2. The number of ether oxygens (including phenoxy) is 2. The Morgan fingerprint density at radius 1 is 1.22 bits per heavy atom. The number of thiazole rings is 1. The van der Waals surface area contributed by atoms with Gasteiger partial charge in [-0.2, -0.15) is 4.99 Å². The van der Waals surface area contributed by atoms with Crippen LogP contribution in [0.5, 0.6) is 5.75 Å². The van der Waals surface area contributed by atoms with Gasteiger partial charge in [0.1, 0.15) is 17.3 Å². The van der Waals surface area contributed by atoms with Crippen molar-refractivity contribution in [3.63, 3.8) is 0 Å². The molecule has 1 fully saturated rings. The third-order valence-corrected chi connectivity index (χ3v) is 7.85. The number of hydrogen-bond donors (Lipinski definition) is 0. The summed E-state index contributed by atoms with van der Waals surface area (Å²) in [5.74, 6) is -2.05. The largest absolute Gasteiger partial charge is 0.497 e. The van der Waals surface area contributed by atoms with Crippen molar-refractivity contribution in [2.45, 2.75) is 38.8 Å². The van der Waals surface area contributed by atoms with Crippen LogP contribution in [0.3, 0.4) is 0 Å². The first-order valence-electron chi connectivity index (χ1n) is 10.5. The molecular formula is C21H29N3O6S2. The minimum absolute atomic E-state index is 0.0159. The van der Waals surface area contributed by atoms with Gasteiger partial charge in [0.15, 0.2) is 14.6 Å². The Bertz CT molecular complexity index is 1150. The molecular weight excluding hydrogens is 454 g/mol. The smallest absolute Gasteiger partial charge is 0.263 e. The molecule has 0 radical (unpaired) electrons. The lowest BCUT2D eigenvalue weighted by Crippen LogP contribution is -2.45. The summed E-state index contributed by atoms with van der Waals surface area (Å²) in [5.41, 5.74) is 0.844. The lowest BCUT2D eigenvalue weighted by atomic mass is 10.0. The topological polar surface area (TPSA) is 107 Å². The summed E-state index contributed by atoms with van der Waals surface area (Å²) in [5, 5.41) is 0. The van der Waals surface area contributed by atoms with Gasteiger partial charge < -0.3 is 18.9 Å². The first-order chi connectivity index (χ1) is 15.2. The summed E-state index contributed by atoms with van der Waals surface area (Å²) in [6, 6.07) is 5.52. The van der Waals surface area contributed by atoms with Crippen LogP contribution >= 0.6 is 11.3 Å². The minimum atomic E-state index is -3.93. The molecule has 0 saturated carbocycles. The Kier molecular flexibility index (Phi) is 8.07. The van der Waals surface area contributed by atoms with Crippen LogP contribution in [0.4, 0.5) is 0 Å². The molecule has 1 saturated heterocycles. The number of fused-ring (bicyclic) bond motifs is 1. The number of likely N-dealkylation sites (tertiary alicyclic amines) is 1. The first kappa shape index (κ1) is 24.4. The van der Waals surface area contributed by atoms with E-state index in [1.54, 1.807) is 19.1 Å². The van der Waals surface area contributed by atoms with Crippen LogP contribution in [0.1, 0.15) is 26.2 Å². The molecule has 0 bridgehead atoms. The van der Waals surface area contributed by atoms with E-state index in [0.29, 0.717) is 30.2 Å². The molecule has 0 spiro atoms. The van der Waals surface area contributed by atoms with E-state index in [4.69, 9.17) is 9.47 Å². The maximum Gasteiger partial charge on any atom is 0.263 e. The molecule has 1 atom stereocenters. The second-order valence-electron chi connectivity index (χ2n) is 7.83. The highest BCUT2D eigenvalue weighted by Gasteiger charge is 2.28. The second-order valence-corrected chi connectivity index (χ2v) is 10.9. The molecule has 3 rings (SSSR count). The molecule has 11 heteroatoms. The van der Waals surface area contributed by atoms with Crippen LogP contribution < -0.4 is 9.54 Å². The Hall–Kier alpha value is -2.24. The van der Waals surface area contributed by atoms with E-state index in [1.165, 1.54) is 11.3 Å². The number of sulfone groups is 1. The van der Waals surface area contributed by atoms with E-state index in [1.807, 2.05) is 29.7 Å². The van der Waals surface area contributed by atoms with E-state index >= 15 is 0 Å². The normalized spacial score (nSPS) is 17.7. The van der Waals surface area contributed by atoms with Crippen molar-refractivity contribution in [1.29, 1.82) is 0 Å². The predicted molar refractivity (Wildman–Crippen MR) is 122 cm³/mol. The Morgan fingerprint density at radius 3 is 2.69 bits per heavy atom. The third-order valence-electron chi connectivity index (χ3n) is 5.44. The molecule has 0 N–H and O–H groups in total. The SMILES string of the molecule is COCCn1c(=NC(=O)CS(=O)(=O)CC(=O)N2CCCCC2C)sc2cc(OC)ccc21. The summed E-state index contributed by atoms with van der Waals surface area (Å²) in [6.07, 6.45) is 2.75. The van der Waals surface area contributed by atoms with Gasteiger partial charge in [0, 0.05) is 26.2 Å². The Labute approximate surface area is 191 Å². The fourth-order valence-corrected chi connectivity index (χ4v) is 5.97. The quantitative estimate of drug-likeness (QED) is 0.565. The van der Waals surface area contributed by atoms with Crippen molar-refractivity contribution in [2.75, 3.05) is 38.9 Å². The van der Waals surface area contributed by atoms with Crippen LogP contribution in [0.2, 0.25) is 0 Å². The number of nitrogens with zero attached hydrogens (tertiary/aromatic N) is 3. The van der Waals surface area contributed by atoms with Gasteiger partial charge in [-0.15, -0.1) is 0 Å². The van der Waals surface area contributed by atoms with Crippen molar-refractivity contribution < 1.29 is 27.5 Å². The maximum atomic E-state index is 12.5. The molecule has 1 aromatic carbocycles. The molecule has 1 aromatic heterocycles. The van der Waals surface area contributed by atoms with Crippen LogP contribution in [-0.2, 0) is 30.7 Å². The number of benzene rings is 1. The first-order valence-corrected chi connectivity index (χ1v) is 13.1. The Balaban J connectivity index is 1.81. The molecule has 1 aliphatic rings. The standard InChI is InChI=1S/C21H29N3O6S2/c1-15-6-4-5-9-23(15)20(26)14-32(27,28)13-19(25)22-21-24(10-11-29-2)17-8-7-16(30-3)12-18(17)31-21/h7-8,12,15H,4-6,9-11,13-14H2,1-3H3. The van der Waals surface area contributed by atoms with Crippen molar-refractivity contribution in [1.82, 2.24) is 9.47 Å². The van der Waals surface area contributed by atoms with Gasteiger partial charge in [0.25, 0.3) is 5.91 Å². The highest BCUT2D eigenvalue weighted by atomic mass is 32.2. The van der Waals surface area contributed by atoms with E-state index in [2.05, 4.69) is 4.99 Å². The highest BCUT2D eigenvalue weighted by molar-refractivity contribution is 7.92. The zero-order chi connectivity index (χ0) is 23.3. The van der Waals surface area contributed by atoms with Gasteiger partial charge in [0.05, 0.1) is 23.9 Å². The number of methoxy groups -OCH3 is 2. The lowest BCUT2D eigenvalue weighted by Gasteiger charge is -2.33. The highest BCUT2D eigenvalue weighted by Crippen LogP contribution is 2.23. The van der Waals surface area contributed by atoms with Crippen molar-refractivity contribution in [2.24, 2.45) is 4.99 Å². The monoisotopic (exact) mass is 483 g/mol. The van der Waals surface area contributed by atoms with Gasteiger partial charge in [-0.3, -0.25) is 9.59 Å². The lowest BCUT2D eigenvalue weighted by molar-refractivity contribution is -0.131. The molecule has 176 valence electrons. The Morgan fingerprint density at radius 2 is 2.00 bits per heavy atom. The van der Waals surface area contributed by atoms with Gasteiger partial charge >= 0.3 is 0 Å². The molecule has 2 amide bonds. The predicted octanol–water partition coefficient (Wildman–Crippen LogP) is 1.60. The summed E-state index contributed by atoms with van der Waals surface area (Å²) in [7, 11) is -0.782. The van der Waals surface area contributed by atoms with E-state index in [0.717, 1.165) is 29.5 Å². The van der Waals surface area contributed by atoms with E-state index in [-0.39, 0.29) is 6.04 Å². The zero-order valence-electron chi connectivity index (χ0n) is 18.6. The fourth-order valence-electron chi connectivity index (χ4n) is 3.78. The second kappa shape index (κ2) is 10.6. The minimum Gasteiger partial charge on any atom is -0.497 e. The zero-order valence-corrected chi connectivity index (χ0v) is 20.2. The van der Waals surface area contributed by atoms with Gasteiger partial charge in [-0.1, -0.05) is 11.3 Å². The van der Waals surface area contributed by atoms with Crippen LogP contribution in [-0.4, -0.2) is 74.6 Å². The summed E-state index contributed by atoms with van der Waals surface area (Å²) in [6.45, 7) is 3.32. The number of rotatable bonds is 8. The fraction of sp³-hybridized carbons (Fsp3) is 0.571. The van der Waals surface area contributed by atoms with E-state index in [9.17, 15) is 18.0 Å². The number of aromatic nitrogens is 1. The summed E-state index contributed by atoms with van der Waals surface area (Å²) < 4.78 is 38.1. The maximum absolute atomic E-state index is 12.5. The summed E-state index contributed by atoms with van der Waals surface area (Å²) >= 11 is 1.27. The molecule has 2 heterocycles. The van der Waals surface area contributed by atoms with Crippen LogP contribution in [0.25, 0.3) is 10.2 Å². The van der Waals surface area contributed by atoms with Crippen molar-refractivity contribution in [3.8, 4) is 5.75 Å². The van der Waals surface area contributed by atoms with Crippen LogP contribution in [0, 0.1) is 0 Å². The molecule has 0 aliphatic carbocycles. The average molecular weight is 484 g/mol. The summed E-state index contributed by atoms with van der Waals surface area (Å²) in [4.78, 5) is 31.1. The number of carbonyl (C=O) groups is 2. The van der Waals surface area contributed by atoms with Crippen molar-refractivity contribution >= 4 is 43.2 Å². The molecule has 32 heavy (non-hydrogen) atoms.